The summed E-state index contributed by atoms with van der Waals surface area (Å²) < 4.78 is 4.84. The van der Waals surface area contributed by atoms with Crippen molar-refractivity contribution in [3.05, 3.63) is 0 Å². The molecule has 0 saturated carbocycles. The van der Waals surface area contributed by atoms with Gasteiger partial charge in [-0.15, -0.1) is 0 Å². The highest BCUT2D eigenvalue weighted by atomic mass is 32.1. The minimum absolute atomic E-state index is 0.0417. The van der Waals surface area contributed by atoms with Crippen molar-refractivity contribution in [2.24, 2.45) is 0 Å². The molecular weight excluding hydrogens is 112 g/mol. The van der Waals surface area contributed by atoms with E-state index >= 15 is 0 Å². The van der Waals surface area contributed by atoms with E-state index in [9.17, 15) is 0 Å². The summed E-state index contributed by atoms with van der Waals surface area (Å²) in [5, 5.41) is 8.84. The van der Waals surface area contributed by atoms with Crippen molar-refractivity contribution in [3.63, 3.8) is 0 Å². The third-order valence-corrected chi connectivity index (χ3v) is 1.51. The van der Waals surface area contributed by atoms with E-state index < -0.39 is 0 Å². The number of thiol groups is 1. The quantitative estimate of drug-likeness (QED) is 0.429. The molecule has 0 spiro atoms. The number of rotatable bonds is 0. The molecule has 0 aromatic heterocycles. The fraction of sp³-hybridized carbons (Fsp3) is 1.00. The van der Waals surface area contributed by atoms with Gasteiger partial charge >= 0.3 is 0 Å². The maximum absolute atomic E-state index is 8.80. The van der Waals surface area contributed by atoms with E-state index in [1.807, 2.05) is 0 Å². The SMILES string of the molecule is O[C@H]1COC[C@@H]1S. The van der Waals surface area contributed by atoms with Crippen molar-refractivity contribution in [2.45, 2.75) is 11.4 Å². The van der Waals surface area contributed by atoms with Crippen LogP contribution in [0.1, 0.15) is 0 Å². The van der Waals surface area contributed by atoms with Crippen LogP contribution in [0.15, 0.2) is 0 Å². The Bertz CT molecular complexity index is 58.7. The van der Waals surface area contributed by atoms with E-state index in [0.717, 1.165) is 0 Å². The van der Waals surface area contributed by atoms with Gasteiger partial charge in [0, 0.05) is 0 Å². The third kappa shape index (κ3) is 1.08. The molecule has 0 radical (unpaired) electrons. The van der Waals surface area contributed by atoms with Gasteiger partial charge in [-0.1, -0.05) is 0 Å². The van der Waals surface area contributed by atoms with Gasteiger partial charge in [-0.2, -0.15) is 12.6 Å². The minimum Gasteiger partial charge on any atom is -0.389 e. The van der Waals surface area contributed by atoms with Crippen LogP contribution >= 0.6 is 12.6 Å². The highest BCUT2D eigenvalue weighted by Gasteiger charge is 2.21. The molecule has 1 aliphatic rings. The van der Waals surface area contributed by atoms with Crippen molar-refractivity contribution < 1.29 is 9.84 Å². The molecule has 0 unspecified atom stereocenters. The first kappa shape index (κ1) is 5.41. The van der Waals surface area contributed by atoms with E-state index in [1.54, 1.807) is 0 Å². The Morgan fingerprint density at radius 3 is 2.43 bits per heavy atom. The molecule has 2 atom stereocenters. The van der Waals surface area contributed by atoms with Gasteiger partial charge in [0.05, 0.1) is 24.6 Å². The number of aliphatic hydroxyl groups excluding tert-OH is 1. The highest BCUT2D eigenvalue weighted by molar-refractivity contribution is 7.81. The number of ether oxygens (including phenoxy) is 1. The van der Waals surface area contributed by atoms with Gasteiger partial charge in [0.1, 0.15) is 0 Å². The van der Waals surface area contributed by atoms with Crippen LogP contribution in [0.5, 0.6) is 0 Å². The Balaban J connectivity index is 2.33. The van der Waals surface area contributed by atoms with E-state index in [0.29, 0.717) is 13.2 Å². The van der Waals surface area contributed by atoms with Crippen LogP contribution in [0.25, 0.3) is 0 Å². The minimum atomic E-state index is -0.344. The molecule has 3 heteroatoms. The average molecular weight is 120 g/mol. The summed E-state index contributed by atoms with van der Waals surface area (Å²) in [5.74, 6) is 0. The second-order valence-electron chi connectivity index (χ2n) is 1.67. The summed E-state index contributed by atoms with van der Waals surface area (Å²) in [4.78, 5) is 0. The van der Waals surface area contributed by atoms with Gasteiger partial charge in [-0.25, -0.2) is 0 Å². The largest absolute Gasteiger partial charge is 0.389 e. The zero-order chi connectivity index (χ0) is 5.28. The van der Waals surface area contributed by atoms with Crippen molar-refractivity contribution >= 4 is 12.6 Å². The average Bonchev–Trinajstić information content (AvgIpc) is 1.91. The normalized spacial score (nSPS) is 42.0. The maximum Gasteiger partial charge on any atom is 0.0911 e. The standard InChI is InChI=1S/C4H8O2S/c5-3-1-6-2-4(3)7/h3-5,7H,1-2H2/t3-,4-/m0/s1. The Hall–Kier alpha value is 0.270. The van der Waals surface area contributed by atoms with Crippen molar-refractivity contribution in [3.8, 4) is 0 Å². The summed E-state index contributed by atoms with van der Waals surface area (Å²) in [6.45, 7) is 1.04. The van der Waals surface area contributed by atoms with Gasteiger partial charge in [0.25, 0.3) is 0 Å². The Morgan fingerprint density at radius 1 is 1.57 bits per heavy atom. The molecule has 0 bridgehead atoms. The second-order valence-corrected chi connectivity index (χ2v) is 2.34. The summed E-state index contributed by atoms with van der Waals surface area (Å²) in [7, 11) is 0. The lowest BCUT2D eigenvalue weighted by molar-refractivity contribution is 0.127. The Morgan fingerprint density at radius 2 is 2.29 bits per heavy atom. The van der Waals surface area contributed by atoms with Crippen LogP contribution < -0.4 is 0 Å². The molecule has 1 N–H and O–H groups in total. The molecular formula is C4H8O2S. The van der Waals surface area contributed by atoms with Crippen LogP contribution in [0.2, 0.25) is 0 Å². The molecule has 0 amide bonds. The lowest BCUT2D eigenvalue weighted by Crippen LogP contribution is -2.16. The predicted octanol–water partition coefficient (Wildman–Crippen LogP) is -0.324. The van der Waals surface area contributed by atoms with Gasteiger partial charge in [0.2, 0.25) is 0 Å². The Kier molecular flexibility index (Phi) is 1.57. The number of hydrogen-bond donors (Lipinski definition) is 2. The fourth-order valence-corrected chi connectivity index (χ4v) is 0.723. The zero-order valence-corrected chi connectivity index (χ0v) is 4.77. The number of aliphatic hydroxyl groups is 1. The monoisotopic (exact) mass is 120 g/mol. The smallest absolute Gasteiger partial charge is 0.0911 e. The van der Waals surface area contributed by atoms with Gasteiger partial charge < -0.3 is 9.84 Å². The summed E-state index contributed by atoms with van der Waals surface area (Å²) in [6.07, 6.45) is -0.344. The molecule has 1 saturated heterocycles. The maximum atomic E-state index is 8.80. The van der Waals surface area contributed by atoms with Crippen LogP contribution in [0.4, 0.5) is 0 Å². The molecule has 0 aromatic carbocycles. The fourth-order valence-electron chi connectivity index (χ4n) is 0.532. The first-order chi connectivity index (χ1) is 3.30. The second kappa shape index (κ2) is 2.03. The molecule has 1 heterocycles. The van der Waals surface area contributed by atoms with Gasteiger partial charge in [0.15, 0.2) is 0 Å². The first-order valence-electron chi connectivity index (χ1n) is 2.24. The molecule has 0 aromatic rings. The zero-order valence-electron chi connectivity index (χ0n) is 3.87. The predicted molar refractivity (Wildman–Crippen MR) is 29.6 cm³/mol. The molecule has 1 rings (SSSR count). The van der Waals surface area contributed by atoms with Crippen molar-refractivity contribution in [2.75, 3.05) is 13.2 Å². The molecule has 42 valence electrons. The van der Waals surface area contributed by atoms with E-state index in [2.05, 4.69) is 12.6 Å². The topological polar surface area (TPSA) is 29.5 Å². The molecule has 2 nitrogen and oxygen atoms in total. The number of hydrogen-bond acceptors (Lipinski definition) is 3. The highest BCUT2D eigenvalue weighted by Crippen LogP contribution is 2.09. The third-order valence-electron chi connectivity index (χ3n) is 1.02. The van der Waals surface area contributed by atoms with E-state index in [-0.39, 0.29) is 11.4 Å². The van der Waals surface area contributed by atoms with E-state index in [4.69, 9.17) is 9.84 Å². The molecule has 1 aliphatic heterocycles. The van der Waals surface area contributed by atoms with Crippen LogP contribution in [-0.2, 0) is 4.74 Å². The molecule has 0 aliphatic carbocycles. The van der Waals surface area contributed by atoms with Crippen molar-refractivity contribution in [1.29, 1.82) is 0 Å². The first-order valence-corrected chi connectivity index (χ1v) is 2.76. The van der Waals surface area contributed by atoms with Gasteiger partial charge in [-0.05, 0) is 0 Å². The van der Waals surface area contributed by atoms with Crippen LogP contribution in [-0.4, -0.2) is 29.7 Å². The summed E-state index contributed by atoms with van der Waals surface area (Å²) in [6, 6.07) is 0. The summed E-state index contributed by atoms with van der Waals surface area (Å²) in [5.41, 5.74) is 0. The Labute approximate surface area is 47.9 Å². The lowest BCUT2D eigenvalue weighted by Gasteiger charge is -2.00. The molecule has 7 heavy (non-hydrogen) atoms. The van der Waals surface area contributed by atoms with Crippen LogP contribution in [0.3, 0.4) is 0 Å². The van der Waals surface area contributed by atoms with E-state index in [1.165, 1.54) is 0 Å². The lowest BCUT2D eigenvalue weighted by atomic mass is 10.3. The van der Waals surface area contributed by atoms with Crippen molar-refractivity contribution in [1.82, 2.24) is 0 Å². The summed E-state index contributed by atoms with van der Waals surface area (Å²) >= 11 is 4.01. The van der Waals surface area contributed by atoms with Gasteiger partial charge in [-0.3, -0.25) is 0 Å². The van der Waals surface area contributed by atoms with Crippen LogP contribution in [0, 0.1) is 0 Å². The molecule has 1 fully saturated rings.